The number of benzene rings is 2. The zero-order valence-corrected chi connectivity index (χ0v) is 11.4. The molecule has 22 heavy (non-hydrogen) atoms. The highest BCUT2D eigenvalue weighted by Gasteiger charge is 2.13. The zero-order chi connectivity index (χ0) is 15.5. The lowest BCUT2D eigenvalue weighted by atomic mass is 10.2. The van der Waals surface area contributed by atoms with Crippen LogP contribution in [0.4, 0.5) is 0 Å². The SMILES string of the molecule is N#Cc1ccc(OC(=O)Cn2c(=O)oc3ccccc32)cc1. The highest BCUT2D eigenvalue weighted by atomic mass is 16.5. The van der Waals surface area contributed by atoms with Crippen LogP contribution in [0.25, 0.3) is 11.1 Å². The molecule has 6 heteroatoms. The number of carbonyl (C=O) groups excluding carboxylic acids is 1. The van der Waals surface area contributed by atoms with Crippen LogP contribution < -0.4 is 10.5 Å². The fraction of sp³-hybridized carbons (Fsp3) is 0.0625. The highest BCUT2D eigenvalue weighted by molar-refractivity contribution is 5.77. The molecule has 2 aromatic carbocycles. The van der Waals surface area contributed by atoms with Crippen molar-refractivity contribution < 1.29 is 13.9 Å². The molecule has 0 radical (unpaired) electrons. The number of para-hydroxylation sites is 2. The molecule has 0 atom stereocenters. The van der Waals surface area contributed by atoms with Crippen LogP contribution in [0.2, 0.25) is 0 Å². The molecule has 1 aromatic heterocycles. The van der Waals surface area contributed by atoms with Crippen LogP contribution in [0.15, 0.2) is 57.7 Å². The van der Waals surface area contributed by atoms with Gasteiger partial charge in [0.1, 0.15) is 12.3 Å². The molecule has 0 unspecified atom stereocenters. The number of aromatic nitrogens is 1. The zero-order valence-electron chi connectivity index (χ0n) is 11.4. The van der Waals surface area contributed by atoms with Gasteiger partial charge in [0.2, 0.25) is 0 Å². The third kappa shape index (κ3) is 2.60. The van der Waals surface area contributed by atoms with E-state index in [-0.39, 0.29) is 6.54 Å². The Morgan fingerprint density at radius 3 is 2.64 bits per heavy atom. The van der Waals surface area contributed by atoms with Crippen molar-refractivity contribution in [3.63, 3.8) is 0 Å². The van der Waals surface area contributed by atoms with Crippen LogP contribution in [0.5, 0.6) is 5.75 Å². The summed E-state index contributed by atoms with van der Waals surface area (Å²) in [5.41, 5.74) is 1.42. The lowest BCUT2D eigenvalue weighted by Crippen LogP contribution is -2.23. The van der Waals surface area contributed by atoms with Gasteiger partial charge in [-0.15, -0.1) is 0 Å². The van der Waals surface area contributed by atoms with Crippen molar-refractivity contribution in [2.75, 3.05) is 0 Å². The van der Waals surface area contributed by atoms with E-state index in [1.165, 1.54) is 16.7 Å². The summed E-state index contributed by atoms with van der Waals surface area (Å²) >= 11 is 0. The number of carbonyl (C=O) groups is 1. The largest absolute Gasteiger partial charge is 0.425 e. The molecule has 0 saturated heterocycles. The minimum atomic E-state index is -0.613. The summed E-state index contributed by atoms with van der Waals surface area (Å²) in [4.78, 5) is 23.7. The summed E-state index contributed by atoms with van der Waals surface area (Å²) in [5.74, 6) is -0.902. The fourth-order valence-corrected chi connectivity index (χ4v) is 2.05. The molecule has 1 heterocycles. The van der Waals surface area contributed by atoms with E-state index < -0.39 is 11.7 Å². The molecule has 0 N–H and O–H groups in total. The Bertz CT molecular complexity index is 929. The lowest BCUT2D eigenvalue weighted by molar-refractivity contribution is -0.135. The van der Waals surface area contributed by atoms with Gasteiger partial charge < -0.3 is 9.15 Å². The molecule has 0 fully saturated rings. The van der Waals surface area contributed by atoms with E-state index in [1.807, 2.05) is 6.07 Å². The normalized spacial score (nSPS) is 10.3. The number of ether oxygens (including phenoxy) is 1. The Hall–Kier alpha value is -3.33. The maximum absolute atomic E-state index is 11.9. The average molecular weight is 294 g/mol. The fourth-order valence-electron chi connectivity index (χ4n) is 2.05. The predicted octanol–water partition coefficient (Wildman–Crippen LogP) is 2.07. The van der Waals surface area contributed by atoms with E-state index in [2.05, 4.69) is 0 Å². The number of nitriles is 1. The second-order valence-corrected chi connectivity index (χ2v) is 4.53. The first-order valence-corrected chi connectivity index (χ1v) is 6.46. The van der Waals surface area contributed by atoms with E-state index in [1.54, 1.807) is 36.4 Å². The third-order valence-electron chi connectivity index (χ3n) is 3.08. The maximum Gasteiger partial charge on any atom is 0.420 e. The molecule has 6 nitrogen and oxygen atoms in total. The van der Waals surface area contributed by atoms with E-state index in [4.69, 9.17) is 14.4 Å². The number of rotatable bonds is 3. The molecule has 0 aliphatic heterocycles. The van der Waals surface area contributed by atoms with Crippen molar-refractivity contribution in [2.24, 2.45) is 0 Å². The standard InChI is InChI=1S/C16H10N2O4/c17-9-11-5-7-12(8-6-11)21-15(19)10-18-13-3-1-2-4-14(13)22-16(18)20/h1-8H,10H2. The second kappa shape index (κ2) is 5.58. The van der Waals surface area contributed by atoms with Gasteiger partial charge in [0, 0.05) is 0 Å². The van der Waals surface area contributed by atoms with Gasteiger partial charge in [-0.1, -0.05) is 12.1 Å². The molecule has 0 bridgehead atoms. The molecule has 108 valence electrons. The van der Waals surface area contributed by atoms with Gasteiger partial charge in [0.25, 0.3) is 0 Å². The number of nitrogens with zero attached hydrogens (tertiary/aromatic N) is 2. The van der Waals surface area contributed by atoms with E-state index >= 15 is 0 Å². The second-order valence-electron chi connectivity index (χ2n) is 4.53. The lowest BCUT2D eigenvalue weighted by Gasteiger charge is -2.04. The number of fused-ring (bicyclic) bond motifs is 1. The first-order chi connectivity index (χ1) is 10.7. The van der Waals surface area contributed by atoms with Crippen molar-refractivity contribution >= 4 is 17.1 Å². The van der Waals surface area contributed by atoms with Gasteiger partial charge in [-0.05, 0) is 36.4 Å². The Kier molecular flexibility index (Phi) is 3.46. The number of hydrogen-bond donors (Lipinski definition) is 0. The molecule has 3 rings (SSSR count). The van der Waals surface area contributed by atoms with Crippen molar-refractivity contribution in [1.29, 1.82) is 5.26 Å². The van der Waals surface area contributed by atoms with Gasteiger partial charge in [-0.2, -0.15) is 5.26 Å². The maximum atomic E-state index is 11.9. The molecule has 0 saturated carbocycles. The van der Waals surface area contributed by atoms with Crippen LogP contribution in [-0.2, 0) is 11.3 Å². The Balaban J connectivity index is 1.80. The quantitative estimate of drug-likeness (QED) is 0.545. The Labute approximate surface area is 124 Å². The molecule has 3 aromatic rings. The van der Waals surface area contributed by atoms with Gasteiger partial charge in [-0.3, -0.25) is 4.57 Å². The summed E-state index contributed by atoms with van der Waals surface area (Å²) in [6, 6.07) is 14.9. The van der Waals surface area contributed by atoms with E-state index in [0.717, 1.165) is 0 Å². The van der Waals surface area contributed by atoms with Gasteiger partial charge in [-0.25, -0.2) is 9.59 Å². The van der Waals surface area contributed by atoms with Crippen LogP contribution in [0.3, 0.4) is 0 Å². The first kappa shape index (κ1) is 13.6. The van der Waals surface area contributed by atoms with Crippen LogP contribution in [0.1, 0.15) is 5.56 Å². The topological polar surface area (TPSA) is 85.2 Å². The smallest absolute Gasteiger partial charge is 0.420 e. The monoisotopic (exact) mass is 294 g/mol. The molecular formula is C16H10N2O4. The predicted molar refractivity (Wildman–Crippen MR) is 77.3 cm³/mol. The summed E-state index contributed by atoms with van der Waals surface area (Å²) in [6.07, 6.45) is 0. The van der Waals surface area contributed by atoms with Crippen molar-refractivity contribution in [3.8, 4) is 11.8 Å². The third-order valence-corrected chi connectivity index (χ3v) is 3.08. The summed E-state index contributed by atoms with van der Waals surface area (Å²) in [7, 11) is 0. The Morgan fingerprint density at radius 1 is 1.18 bits per heavy atom. The molecule has 0 spiro atoms. The van der Waals surface area contributed by atoms with Crippen molar-refractivity contribution in [3.05, 3.63) is 64.6 Å². The Morgan fingerprint density at radius 2 is 1.91 bits per heavy atom. The number of hydrogen-bond acceptors (Lipinski definition) is 5. The van der Waals surface area contributed by atoms with Crippen LogP contribution >= 0.6 is 0 Å². The van der Waals surface area contributed by atoms with Gasteiger partial charge in [0.05, 0.1) is 17.1 Å². The van der Waals surface area contributed by atoms with Crippen LogP contribution in [0, 0.1) is 11.3 Å². The summed E-state index contributed by atoms with van der Waals surface area (Å²) < 4.78 is 11.4. The summed E-state index contributed by atoms with van der Waals surface area (Å²) in [6.45, 7) is -0.254. The van der Waals surface area contributed by atoms with Crippen molar-refractivity contribution in [2.45, 2.75) is 6.54 Å². The van der Waals surface area contributed by atoms with E-state index in [9.17, 15) is 9.59 Å². The minimum absolute atomic E-state index is 0.254. The highest BCUT2D eigenvalue weighted by Crippen LogP contribution is 2.14. The van der Waals surface area contributed by atoms with E-state index in [0.29, 0.717) is 22.4 Å². The molecule has 0 aliphatic carbocycles. The minimum Gasteiger partial charge on any atom is -0.425 e. The average Bonchev–Trinajstić information content (AvgIpc) is 2.84. The molecule has 0 amide bonds. The number of oxazole rings is 1. The van der Waals surface area contributed by atoms with Gasteiger partial charge in [0.15, 0.2) is 5.58 Å². The summed E-state index contributed by atoms with van der Waals surface area (Å²) in [5, 5.41) is 8.71. The van der Waals surface area contributed by atoms with Crippen molar-refractivity contribution in [1.82, 2.24) is 4.57 Å². The number of esters is 1. The van der Waals surface area contributed by atoms with Gasteiger partial charge >= 0.3 is 11.7 Å². The molecule has 0 aliphatic rings. The first-order valence-electron chi connectivity index (χ1n) is 6.46. The van der Waals surface area contributed by atoms with Crippen LogP contribution in [-0.4, -0.2) is 10.5 Å². The molecular weight excluding hydrogens is 284 g/mol.